The number of rotatable bonds is 10. The molecular formula is C35H36N6O9S. The molecule has 2 aliphatic rings. The van der Waals surface area contributed by atoms with Crippen molar-refractivity contribution in [2.24, 2.45) is 5.73 Å². The Bertz CT molecular complexity index is 2060. The molecule has 5 atom stereocenters. The van der Waals surface area contributed by atoms with Crippen LogP contribution in [0.3, 0.4) is 0 Å². The summed E-state index contributed by atoms with van der Waals surface area (Å²) >= 11 is 1.26. The first-order valence-electron chi connectivity index (χ1n) is 15.8. The lowest BCUT2D eigenvalue weighted by Crippen LogP contribution is -2.71. The first-order chi connectivity index (χ1) is 24.1. The number of carboxylic acids is 1. The predicted molar refractivity (Wildman–Crippen MR) is 186 cm³/mol. The van der Waals surface area contributed by atoms with Gasteiger partial charge in [-0.2, -0.15) is 0 Å². The normalized spacial score (nSPS) is 20.2. The van der Waals surface area contributed by atoms with E-state index in [-0.39, 0.29) is 29.3 Å². The Hall–Kier alpha value is -5.58. The average molecular weight is 717 g/mol. The van der Waals surface area contributed by atoms with Crippen molar-refractivity contribution in [2.75, 3.05) is 4.90 Å². The highest BCUT2D eigenvalue weighted by atomic mass is 32.2. The fourth-order valence-corrected chi connectivity index (χ4v) is 8.26. The number of carboxylic acid groups (broad SMARTS) is 1. The van der Waals surface area contributed by atoms with Crippen LogP contribution in [0.1, 0.15) is 49.9 Å². The summed E-state index contributed by atoms with van der Waals surface area (Å²) in [7, 11) is 0. The van der Waals surface area contributed by atoms with Gasteiger partial charge in [-0.25, -0.2) is 4.79 Å². The number of aliphatic hydroxyl groups excluding tert-OH is 1. The minimum absolute atomic E-state index is 0.0304. The van der Waals surface area contributed by atoms with Crippen LogP contribution >= 0.6 is 11.8 Å². The lowest BCUT2D eigenvalue weighted by Gasteiger charge is -2.48. The number of carbonyl (C=O) groups is 4. The molecule has 8 N–H and O–H groups in total. The van der Waals surface area contributed by atoms with Crippen molar-refractivity contribution in [3.8, 4) is 22.8 Å². The number of phenols is 1. The molecule has 266 valence electrons. The highest BCUT2D eigenvalue weighted by molar-refractivity contribution is 8.01. The third-order valence-electron chi connectivity index (χ3n) is 9.12. The second kappa shape index (κ2) is 13.3. The van der Waals surface area contributed by atoms with Gasteiger partial charge in [0.2, 0.25) is 17.7 Å². The van der Waals surface area contributed by atoms with E-state index in [1.54, 1.807) is 44.2 Å². The number of fused-ring (bicyclic) bond motifs is 1. The first-order valence-corrected chi connectivity index (χ1v) is 16.7. The van der Waals surface area contributed by atoms with Crippen LogP contribution in [0, 0.1) is 0 Å². The lowest BCUT2D eigenvalue weighted by atomic mass is 9.94. The number of pyridine rings is 1. The lowest BCUT2D eigenvalue weighted by molar-refractivity contribution is -0.169. The monoisotopic (exact) mass is 716 g/mol. The van der Waals surface area contributed by atoms with E-state index in [2.05, 4.69) is 9.97 Å². The average Bonchev–Trinajstić information content (AvgIpc) is 3.63. The maximum Gasteiger partial charge on any atom is 0.327 e. The molecule has 0 saturated carbocycles. The Morgan fingerprint density at radius 1 is 1.00 bits per heavy atom. The van der Waals surface area contributed by atoms with Crippen molar-refractivity contribution in [3.63, 3.8) is 0 Å². The van der Waals surface area contributed by atoms with Crippen LogP contribution in [0.2, 0.25) is 0 Å². The summed E-state index contributed by atoms with van der Waals surface area (Å²) in [5.41, 5.74) is 7.86. The van der Waals surface area contributed by atoms with Crippen molar-refractivity contribution < 1.29 is 39.6 Å². The number of hydrogen-bond acceptors (Lipinski definition) is 10. The number of aromatic amines is 2. The maximum atomic E-state index is 14.0. The molecule has 0 bridgehead atoms. The highest BCUT2D eigenvalue weighted by Gasteiger charge is 2.66. The number of phenolic OH excluding ortho intramolecular Hbond substituents is 1. The molecule has 2 aromatic carbocycles. The molecule has 3 amide bonds. The molecule has 51 heavy (non-hydrogen) atoms. The minimum atomic E-state index is -1.40. The Morgan fingerprint density at radius 2 is 1.67 bits per heavy atom. The third kappa shape index (κ3) is 6.44. The Morgan fingerprint density at radius 3 is 2.24 bits per heavy atom. The van der Waals surface area contributed by atoms with E-state index in [4.69, 9.17) is 5.73 Å². The first kappa shape index (κ1) is 35.3. The largest absolute Gasteiger partial charge is 0.508 e. The van der Waals surface area contributed by atoms with Gasteiger partial charge in [0.05, 0.1) is 12.2 Å². The van der Waals surface area contributed by atoms with Crippen LogP contribution in [0.5, 0.6) is 11.5 Å². The number of thioether (sulfide) groups is 1. The van der Waals surface area contributed by atoms with E-state index in [1.807, 2.05) is 0 Å². The van der Waals surface area contributed by atoms with Crippen molar-refractivity contribution in [1.29, 1.82) is 0 Å². The number of aromatic hydroxyl groups is 2. The van der Waals surface area contributed by atoms with Crippen LogP contribution < -0.4 is 16.2 Å². The summed E-state index contributed by atoms with van der Waals surface area (Å²) in [6.45, 7) is 4.42. The van der Waals surface area contributed by atoms with Gasteiger partial charge >= 0.3 is 5.97 Å². The predicted octanol–water partition coefficient (Wildman–Crippen LogP) is 2.37. The van der Waals surface area contributed by atoms with E-state index >= 15 is 0 Å². The molecule has 0 radical (unpaired) electrons. The molecule has 2 aliphatic heterocycles. The summed E-state index contributed by atoms with van der Waals surface area (Å²) in [5.74, 6) is -2.98. The fraction of sp³-hybridized carbons (Fsp3) is 0.286. The number of amides is 3. The standard InChI is InChI=1S/C35H36N6O9S/c1-17(42)40(30(46)25-14-23(44)15-37-25)21-9-4-18(5-10-21)24-13-8-20(29(45)38-24)16-39(31(47)26(36)19-6-11-22(43)12-7-19)27-32(48)41-28(34(49)50)35(2,3)51-33(27)41/h4-15,26-28,30,33,37,43-44,46H,16,36H2,1-3H3,(H,38,45)(H,49,50)/t26?,27-,28+,30?,33-/m1/s1. The summed E-state index contributed by atoms with van der Waals surface area (Å²) in [6, 6.07) is 13.1. The number of H-pyrrole nitrogens is 2. The summed E-state index contributed by atoms with van der Waals surface area (Å²) in [6.07, 6.45) is -0.124. The zero-order valence-corrected chi connectivity index (χ0v) is 28.5. The van der Waals surface area contributed by atoms with Gasteiger partial charge in [-0.1, -0.05) is 24.3 Å². The topological polar surface area (TPSA) is 234 Å². The van der Waals surface area contributed by atoms with E-state index in [9.17, 15) is 44.4 Å². The van der Waals surface area contributed by atoms with Gasteiger partial charge in [0.1, 0.15) is 35.0 Å². The molecule has 2 saturated heterocycles. The highest BCUT2D eigenvalue weighted by Crippen LogP contribution is 2.52. The Kier molecular flexibility index (Phi) is 9.18. The molecule has 2 fully saturated rings. The van der Waals surface area contributed by atoms with Gasteiger partial charge in [-0.15, -0.1) is 11.8 Å². The van der Waals surface area contributed by atoms with Crippen LogP contribution in [0.15, 0.2) is 77.7 Å². The van der Waals surface area contributed by atoms with E-state index in [1.165, 1.54) is 71.1 Å². The fourth-order valence-electron chi connectivity index (χ4n) is 6.56. The van der Waals surface area contributed by atoms with Crippen LogP contribution in [0.4, 0.5) is 5.69 Å². The third-order valence-corrected chi connectivity index (χ3v) is 10.7. The molecule has 2 unspecified atom stereocenters. The van der Waals surface area contributed by atoms with Crippen molar-refractivity contribution >= 4 is 41.1 Å². The summed E-state index contributed by atoms with van der Waals surface area (Å²) in [4.78, 5) is 74.8. The number of aromatic nitrogens is 2. The number of aliphatic hydroxyl groups is 1. The van der Waals surface area contributed by atoms with Crippen LogP contribution in [-0.4, -0.2) is 86.1 Å². The number of benzene rings is 2. The number of nitrogens with zero attached hydrogens (tertiary/aromatic N) is 3. The molecule has 4 aromatic rings. The molecule has 0 spiro atoms. The second-order valence-electron chi connectivity index (χ2n) is 12.9. The molecule has 2 aromatic heterocycles. The van der Waals surface area contributed by atoms with Gasteiger partial charge in [0, 0.05) is 40.9 Å². The molecule has 6 rings (SSSR count). The molecule has 16 heteroatoms. The van der Waals surface area contributed by atoms with Gasteiger partial charge < -0.3 is 45.9 Å². The Balaban J connectivity index is 1.27. The number of aliphatic carboxylic acids is 1. The van der Waals surface area contributed by atoms with Crippen molar-refractivity contribution in [1.82, 2.24) is 19.8 Å². The second-order valence-corrected chi connectivity index (χ2v) is 14.7. The SMILES string of the molecule is CC(=O)N(c1ccc(-c2ccc(CN(C(=O)C(N)c3ccc(O)cc3)[C@@H]3C(=O)N4[C@@H]3SC(C)(C)[C@@H]4C(=O)O)c(=O)[nH]2)cc1)C(O)c1cc(O)c[nH]1. The number of carbonyl (C=O) groups excluding carboxylic acids is 3. The number of β-lactam (4-membered cyclic amide) rings is 1. The maximum absolute atomic E-state index is 14.0. The number of nitrogens with one attached hydrogen (secondary N) is 2. The van der Waals surface area contributed by atoms with E-state index in [0.717, 1.165) is 4.90 Å². The number of hydrogen-bond donors (Lipinski definition) is 7. The molecule has 0 aliphatic carbocycles. The van der Waals surface area contributed by atoms with Gasteiger partial charge in [-0.3, -0.25) is 24.1 Å². The quantitative estimate of drug-likeness (QED) is 0.0930. The molecule has 4 heterocycles. The number of nitrogens with two attached hydrogens (primary N) is 1. The van der Waals surface area contributed by atoms with Gasteiger partial charge in [0.15, 0.2) is 6.23 Å². The number of anilines is 1. The smallest absolute Gasteiger partial charge is 0.327 e. The van der Waals surface area contributed by atoms with Crippen molar-refractivity contribution in [3.05, 3.63) is 100 Å². The van der Waals surface area contributed by atoms with Crippen LogP contribution in [-0.2, 0) is 25.7 Å². The van der Waals surface area contributed by atoms with Crippen LogP contribution in [0.25, 0.3) is 11.3 Å². The van der Waals surface area contributed by atoms with E-state index in [0.29, 0.717) is 22.5 Å². The van der Waals surface area contributed by atoms with Gasteiger partial charge in [0.25, 0.3) is 5.56 Å². The van der Waals surface area contributed by atoms with Gasteiger partial charge in [-0.05, 0) is 61.4 Å². The molecule has 15 nitrogen and oxygen atoms in total. The van der Waals surface area contributed by atoms with E-state index < -0.39 is 63.7 Å². The zero-order chi connectivity index (χ0) is 36.9. The molecular weight excluding hydrogens is 680 g/mol. The summed E-state index contributed by atoms with van der Waals surface area (Å²) in [5, 5.41) is 39.4. The van der Waals surface area contributed by atoms with Crippen molar-refractivity contribution in [2.45, 2.75) is 61.8 Å². The minimum Gasteiger partial charge on any atom is -0.508 e. The summed E-state index contributed by atoms with van der Waals surface area (Å²) < 4.78 is -0.853. The zero-order valence-electron chi connectivity index (χ0n) is 27.7. The Labute approximate surface area is 295 Å².